The van der Waals surface area contributed by atoms with E-state index in [2.05, 4.69) is 5.32 Å². The second kappa shape index (κ2) is 6.34. The van der Waals surface area contributed by atoms with E-state index < -0.39 is 0 Å². The van der Waals surface area contributed by atoms with Crippen LogP contribution in [0, 0.1) is 6.92 Å². The summed E-state index contributed by atoms with van der Waals surface area (Å²) in [4.78, 5) is 11.8. The van der Waals surface area contributed by atoms with Gasteiger partial charge in [0, 0.05) is 34.8 Å². The first-order chi connectivity index (χ1) is 11.1. The summed E-state index contributed by atoms with van der Waals surface area (Å²) >= 11 is 6.03. The highest BCUT2D eigenvalue weighted by molar-refractivity contribution is 6.30. The standard InChI is InChI=1S/C18H16ClNO3/c1-11-3-4-13(19)8-16(11)20-10-12-7-18(21)23-17-9-14(22-2)5-6-15(12)17/h3-9,20H,10H2,1-2H3. The second-order valence-electron chi connectivity index (χ2n) is 5.27. The van der Waals surface area contributed by atoms with Gasteiger partial charge in [-0.1, -0.05) is 17.7 Å². The van der Waals surface area contributed by atoms with E-state index in [1.54, 1.807) is 13.2 Å². The van der Waals surface area contributed by atoms with Crippen LogP contribution in [0.3, 0.4) is 0 Å². The number of ether oxygens (including phenoxy) is 1. The number of nitrogens with one attached hydrogen (secondary N) is 1. The number of hydrogen-bond donors (Lipinski definition) is 1. The zero-order valence-electron chi connectivity index (χ0n) is 12.9. The van der Waals surface area contributed by atoms with Crippen LogP contribution in [-0.4, -0.2) is 7.11 Å². The number of anilines is 1. The predicted octanol–water partition coefficient (Wildman–Crippen LogP) is 4.38. The molecule has 0 saturated carbocycles. The van der Waals surface area contributed by atoms with Gasteiger partial charge in [0.05, 0.1) is 7.11 Å². The van der Waals surface area contributed by atoms with Crippen LogP contribution in [0.4, 0.5) is 5.69 Å². The predicted molar refractivity (Wildman–Crippen MR) is 92.6 cm³/mol. The Morgan fingerprint density at radius 3 is 2.78 bits per heavy atom. The Labute approximate surface area is 138 Å². The molecule has 0 aliphatic heterocycles. The molecule has 1 heterocycles. The fraction of sp³-hybridized carbons (Fsp3) is 0.167. The zero-order chi connectivity index (χ0) is 16.4. The van der Waals surface area contributed by atoms with Crippen LogP contribution in [-0.2, 0) is 6.54 Å². The summed E-state index contributed by atoms with van der Waals surface area (Å²) in [5, 5.41) is 4.86. The Kier molecular flexibility index (Phi) is 4.26. The van der Waals surface area contributed by atoms with Gasteiger partial charge in [0.2, 0.25) is 0 Å². The molecule has 5 heteroatoms. The number of halogens is 1. The summed E-state index contributed by atoms with van der Waals surface area (Å²) in [7, 11) is 1.58. The molecule has 1 N–H and O–H groups in total. The molecule has 2 aromatic carbocycles. The van der Waals surface area contributed by atoms with E-state index in [4.69, 9.17) is 20.8 Å². The molecule has 3 rings (SSSR count). The van der Waals surface area contributed by atoms with Gasteiger partial charge in [-0.25, -0.2) is 4.79 Å². The molecule has 0 saturated heterocycles. The fourth-order valence-corrected chi connectivity index (χ4v) is 2.63. The first kappa shape index (κ1) is 15.4. The molecular formula is C18H16ClNO3. The van der Waals surface area contributed by atoms with Crippen LogP contribution >= 0.6 is 11.6 Å². The van der Waals surface area contributed by atoms with Gasteiger partial charge in [-0.15, -0.1) is 0 Å². The van der Waals surface area contributed by atoms with Crippen LogP contribution in [0.25, 0.3) is 11.0 Å². The number of methoxy groups -OCH3 is 1. The van der Waals surface area contributed by atoms with Gasteiger partial charge in [-0.3, -0.25) is 0 Å². The van der Waals surface area contributed by atoms with Gasteiger partial charge in [-0.2, -0.15) is 0 Å². The maximum absolute atomic E-state index is 11.8. The van der Waals surface area contributed by atoms with Crippen molar-refractivity contribution in [3.05, 3.63) is 69.0 Å². The lowest BCUT2D eigenvalue weighted by Gasteiger charge is -2.11. The van der Waals surface area contributed by atoms with E-state index >= 15 is 0 Å². The molecule has 4 nitrogen and oxygen atoms in total. The average molecular weight is 330 g/mol. The van der Waals surface area contributed by atoms with Crippen LogP contribution in [0.1, 0.15) is 11.1 Å². The van der Waals surface area contributed by atoms with E-state index in [1.165, 1.54) is 6.07 Å². The van der Waals surface area contributed by atoms with Crippen LogP contribution in [0.5, 0.6) is 5.75 Å². The van der Waals surface area contributed by atoms with Crippen molar-refractivity contribution in [1.82, 2.24) is 0 Å². The molecule has 3 aromatic rings. The van der Waals surface area contributed by atoms with Crippen molar-refractivity contribution in [2.24, 2.45) is 0 Å². The van der Waals surface area contributed by atoms with Gasteiger partial charge < -0.3 is 14.5 Å². The Morgan fingerprint density at radius 2 is 2.00 bits per heavy atom. The molecule has 0 spiro atoms. The molecule has 1 aromatic heterocycles. The molecule has 118 valence electrons. The smallest absolute Gasteiger partial charge is 0.336 e. The van der Waals surface area contributed by atoms with Crippen molar-refractivity contribution in [2.45, 2.75) is 13.5 Å². The summed E-state index contributed by atoms with van der Waals surface area (Å²) < 4.78 is 10.4. The van der Waals surface area contributed by atoms with Gasteiger partial charge in [-0.05, 0) is 42.3 Å². The Hall–Kier alpha value is -2.46. The van der Waals surface area contributed by atoms with Crippen molar-refractivity contribution < 1.29 is 9.15 Å². The van der Waals surface area contributed by atoms with Gasteiger partial charge in [0.15, 0.2) is 0 Å². The number of hydrogen-bond acceptors (Lipinski definition) is 4. The highest BCUT2D eigenvalue weighted by atomic mass is 35.5. The molecule has 0 aliphatic rings. The lowest BCUT2D eigenvalue weighted by molar-refractivity contribution is 0.414. The lowest BCUT2D eigenvalue weighted by atomic mass is 10.1. The maximum atomic E-state index is 11.8. The minimum absolute atomic E-state index is 0.384. The number of rotatable bonds is 4. The minimum Gasteiger partial charge on any atom is -0.497 e. The highest BCUT2D eigenvalue weighted by Crippen LogP contribution is 2.25. The third-order valence-corrected chi connectivity index (χ3v) is 3.94. The van der Waals surface area contributed by atoms with Crippen LogP contribution in [0.15, 0.2) is 51.7 Å². The number of fused-ring (bicyclic) bond motifs is 1. The van der Waals surface area contributed by atoms with Crippen molar-refractivity contribution >= 4 is 28.3 Å². The van der Waals surface area contributed by atoms with E-state index in [9.17, 15) is 4.79 Å². The Bertz CT molecular complexity index is 918. The molecule has 0 radical (unpaired) electrons. The van der Waals surface area contributed by atoms with E-state index in [0.717, 1.165) is 22.2 Å². The fourth-order valence-electron chi connectivity index (χ4n) is 2.46. The number of benzene rings is 2. The maximum Gasteiger partial charge on any atom is 0.336 e. The zero-order valence-corrected chi connectivity index (χ0v) is 13.6. The minimum atomic E-state index is -0.384. The molecule has 0 bridgehead atoms. The summed E-state index contributed by atoms with van der Waals surface area (Å²) in [5.41, 5.74) is 3.01. The van der Waals surface area contributed by atoms with Crippen molar-refractivity contribution in [3.8, 4) is 5.75 Å². The quantitative estimate of drug-likeness (QED) is 0.722. The molecule has 0 unspecified atom stereocenters. The van der Waals surface area contributed by atoms with E-state index in [-0.39, 0.29) is 5.63 Å². The van der Waals surface area contributed by atoms with Crippen LogP contribution < -0.4 is 15.7 Å². The molecule has 23 heavy (non-hydrogen) atoms. The monoisotopic (exact) mass is 329 g/mol. The van der Waals surface area contributed by atoms with Gasteiger partial charge in [0.25, 0.3) is 0 Å². The Morgan fingerprint density at radius 1 is 1.17 bits per heavy atom. The second-order valence-corrected chi connectivity index (χ2v) is 5.70. The molecular weight excluding hydrogens is 314 g/mol. The first-order valence-corrected chi connectivity index (χ1v) is 7.55. The van der Waals surface area contributed by atoms with Gasteiger partial charge >= 0.3 is 5.63 Å². The molecule has 0 atom stereocenters. The average Bonchev–Trinajstić information content (AvgIpc) is 2.54. The van der Waals surface area contributed by atoms with Crippen molar-refractivity contribution in [1.29, 1.82) is 0 Å². The summed E-state index contributed by atoms with van der Waals surface area (Å²) in [6.07, 6.45) is 0. The third-order valence-electron chi connectivity index (χ3n) is 3.71. The molecule has 0 aliphatic carbocycles. The SMILES string of the molecule is COc1ccc2c(CNc3cc(Cl)ccc3C)cc(=O)oc2c1. The summed E-state index contributed by atoms with van der Waals surface area (Å²) in [6, 6.07) is 12.6. The first-order valence-electron chi connectivity index (χ1n) is 7.17. The summed E-state index contributed by atoms with van der Waals surface area (Å²) in [5.74, 6) is 0.649. The number of aryl methyl sites for hydroxylation is 1. The van der Waals surface area contributed by atoms with Gasteiger partial charge in [0.1, 0.15) is 11.3 Å². The highest BCUT2D eigenvalue weighted by Gasteiger charge is 2.08. The largest absolute Gasteiger partial charge is 0.497 e. The summed E-state index contributed by atoms with van der Waals surface area (Å²) in [6.45, 7) is 2.50. The van der Waals surface area contributed by atoms with Crippen molar-refractivity contribution in [3.63, 3.8) is 0 Å². The molecule has 0 amide bonds. The van der Waals surface area contributed by atoms with E-state index in [0.29, 0.717) is 22.9 Å². The lowest BCUT2D eigenvalue weighted by Crippen LogP contribution is -2.06. The topological polar surface area (TPSA) is 51.5 Å². The van der Waals surface area contributed by atoms with Crippen LogP contribution in [0.2, 0.25) is 5.02 Å². The molecule has 0 fully saturated rings. The third kappa shape index (κ3) is 3.32. The Balaban J connectivity index is 1.96. The van der Waals surface area contributed by atoms with E-state index in [1.807, 2.05) is 37.3 Å². The van der Waals surface area contributed by atoms with Crippen molar-refractivity contribution in [2.75, 3.05) is 12.4 Å². The normalized spacial score (nSPS) is 10.7.